The van der Waals surface area contributed by atoms with Gasteiger partial charge >= 0.3 is 0 Å². The van der Waals surface area contributed by atoms with Crippen LogP contribution in [-0.2, 0) is 11.2 Å². The highest BCUT2D eigenvalue weighted by atomic mass is 16.5. The first kappa shape index (κ1) is 22.1. The fraction of sp³-hybridized carbons (Fsp3) is 0.667. The van der Waals surface area contributed by atoms with Crippen LogP contribution in [0.2, 0.25) is 0 Å². The van der Waals surface area contributed by atoms with Gasteiger partial charge in [-0.2, -0.15) is 0 Å². The highest BCUT2D eigenvalue weighted by Crippen LogP contribution is 2.53. The average Bonchev–Trinajstić information content (AvgIpc) is 2.62. The summed E-state index contributed by atoms with van der Waals surface area (Å²) >= 11 is 0. The van der Waals surface area contributed by atoms with Crippen LogP contribution in [0.1, 0.15) is 77.8 Å². The number of hydrogen-bond donors (Lipinski definition) is 3. The van der Waals surface area contributed by atoms with E-state index in [-0.39, 0.29) is 12.4 Å². The third-order valence-electron chi connectivity index (χ3n) is 6.23. The third kappa shape index (κ3) is 4.32. The maximum Gasteiger partial charge on any atom is 0.132 e. The molecule has 162 valence electrons. The monoisotopic (exact) mass is 404 g/mol. The lowest BCUT2D eigenvalue weighted by molar-refractivity contribution is -0.113. The molecule has 0 saturated heterocycles. The number of benzene rings is 1. The smallest absolute Gasteiger partial charge is 0.132 e. The van der Waals surface area contributed by atoms with Crippen molar-refractivity contribution in [2.75, 3.05) is 6.61 Å². The molecule has 0 bridgehead atoms. The minimum absolute atomic E-state index is 0.135. The normalized spacial score (nSPS) is 26.5. The van der Waals surface area contributed by atoms with E-state index < -0.39 is 23.4 Å². The van der Waals surface area contributed by atoms with Crippen molar-refractivity contribution in [3.63, 3.8) is 0 Å². The van der Waals surface area contributed by atoms with Crippen molar-refractivity contribution < 1.29 is 24.8 Å². The number of phenolic OH excluding ortho intramolecular Hbond substituents is 1. The van der Waals surface area contributed by atoms with Crippen molar-refractivity contribution in [2.45, 2.75) is 96.6 Å². The van der Waals surface area contributed by atoms with E-state index in [4.69, 9.17) is 9.47 Å². The molecule has 5 nitrogen and oxygen atoms in total. The van der Waals surface area contributed by atoms with E-state index in [0.717, 1.165) is 42.4 Å². The standard InChI is InChI=1S/C24H36O5/c1-6-7-8-9-16-12-18(26)21-19(13-16)29-23(3,4)17-10-11-24(5,27)22(20(17)21)28-15(2)14-25/h12-13,15,22,25-27H,6-11,14H2,1-5H3/t15?,22-,24-/m0/s1. The van der Waals surface area contributed by atoms with E-state index in [9.17, 15) is 15.3 Å². The zero-order chi connectivity index (χ0) is 21.4. The van der Waals surface area contributed by atoms with Gasteiger partial charge in [0.05, 0.1) is 23.9 Å². The fourth-order valence-electron chi connectivity index (χ4n) is 4.58. The molecule has 0 fully saturated rings. The molecule has 0 aromatic heterocycles. The van der Waals surface area contributed by atoms with Gasteiger partial charge in [-0.05, 0) is 76.6 Å². The van der Waals surface area contributed by atoms with Crippen LogP contribution >= 0.6 is 0 Å². The van der Waals surface area contributed by atoms with E-state index in [1.54, 1.807) is 13.8 Å². The van der Waals surface area contributed by atoms with Gasteiger partial charge in [0.2, 0.25) is 0 Å². The van der Waals surface area contributed by atoms with Gasteiger partial charge in [0.15, 0.2) is 0 Å². The molecule has 2 aliphatic rings. The van der Waals surface area contributed by atoms with Gasteiger partial charge in [-0.15, -0.1) is 0 Å². The fourth-order valence-corrected chi connectivity index (χ4v) is 4.58. The Balaban J connectivity index is 2.11. The first-order chi connectivity index (χ1) is 13.6. The summed E-state index contributed by atoms with van der Waals surface area (Å²) in [7, 11) is 0. The van der Waals surface area contributed by atoms with Crippen LogP contribution < -0.4 is 4.74 Å². The number of hydrogen-bond acceptors (Lipinski definition) is 5. The summed E-state index contributed by atoms with van der Waals surface area (Å²) in [5.41, 5.74) is 1.87. The Morgan fingerprint density at radius 3 is 2.62 bits per heavy atom. The van der Waals surface area contributed by atoms with Crippen molar-refractivity contribution in [3.05, 3.63) is 28.8 Å². The molecule has 0 spiro atoms. The molecule has 1 aliphatic heterocycles. The Kier molecular flexibility index (Phi) is 6.32. The Morgan fingerprint density at radius 2 is 1.97 bits per heavy atom. The molecule has 1 aromatic carbocycles. The largest absolute Gasteiger partial charge is 0.507 e. The van der Waals surface area contributed by atoms with Crippen molar-refractivity contribution >= 4 is 5.57 Å². The van der Waals surface area contributed by atoms with E-state index in [1.165, 1.54) is 0 Å². The van der Waals surface area contributed by atoms with Crippen LogP contribution in [0.25, 0.3) is 5.57 Å². The van der Waals surface area contributed by atoms with Crippen LogP contribution in [0.15, 0.2) is 17.7 Å². The van der Waals surface area contributed by atoms with Crippen molar-refractivity contribution in [2.24, 2.45) is 0 Å². The van der Waals surface area contributed by atoms with Crippen molar-refractivity contribution in [1.82, 2.24) is 0 Å². The van der Waals surface area contributed by atoms with Crippen LogP contribution in [0.5, 0.6) is 11.5 Å². The van der Waals surface area contributed by atoms with Gasteiger partial charge in [-0.3, -0.25) is 0 Å². The van der Waals surface area contributed by atoms with Gasteiger partial charge in [0.25, 0.3) is 0 Å². The second-order valence-electron chi connectivity index (χ2n) is 9.32. The summed E-state index contributed by atoms with van der Waals surface area (Å²) in [5, 5.41) is 31.6. The van der Waals surface area contributed by atoms with Crippen LogP contribution in [0.3, 0.4) is 0 Å². The number of ether oxygens (including phenoxy) is 2. The number of unbranched alkanes of at least 4 members (excludes halogenated alkanes) is 2. The van der Waals surface area contributed by atoms with E-state index >= 15 is 0 Å². The number of rotatable bonds is 7. The minimum Gasteiger partial charge on any atom is -0.507 e. The van der Waals surface area contributed by atoms with E-state index in [0.29, 0.717) is 24.2 Å². The average molecular weight is 405 g/mol. The maximum absolute atomic E-state index is 11.1. The van der Waals surface area contributed by atoms with Crippen LogP contribution in [0, 0.1) is 0 Å². The number of aryl methyl sites for hydroxylation is 1. The SMILES string of the molecule is CCCCCc1cc(O)c2c(c1)OC(C)(C)C1=C2[C@H](OC(C)CO)[C@@](C)(O)CC1. The first-order valence-electron chi connectivity index (χ1n) is 10.9. The molecule has 3 atom stereocenters. The molecular formula is C24H36O5. The van der Waals surface area contributed by atoms with Crippen molar-refractivity contribution in [1.29, 1.82) is 0 Å². The Morgan fingerprint density at radius 1 is 1.24 bits per heavy atom. The van der Waals surface area contributed by atoms with E-state index in [2.05, 4.69) is 6.92 Å². The molecule has 0 radical (unpaired) electrons. The summed E-state index contributed by atoms with van der Waals surface area (Å²) in [5.74, 6) is 0.808. The zero-order valence-corrected chi connectivity index (χ0v) is 18.4. The Hall–Kier alpha value is -1.56. The Labute approximate surface area is 174 Å². The van der Waals surface area contributed by atoms with Crippen LogP contribution in [0.4, 0.5) is 0 Å². The van der Waals surface area contributed by atoms with Crippen LogP contribution in [-0.4, -0.2) is 45.3 Å². The molecule has 3 N–H and O–H groups in total. The number of fused-ring (bicyclic) bond motifs is 2. The minimum atomic E-state index is -1.10. The molecule has 0 amide bonds. The number of aliphatic hydroxyl groups excluding tert-OH is 1. The van der Waals surface area contributed by atoms with Crippen molar-refractivity contribution in [3.8, 4) is 11.5 Å². The summed E-state index contributed by atoms with van der Waals surface area (Å²) in [4.78, 5) is 0. The molecule has 1 heterocycles. The molecule has 0 saturated carbocycles. The second-order valence-corrected chi connectivity index (χ2v) is 9.32. The third-order valence-corrected chi connectivity index (χ3v) is 6.23. The zero-order valence-electron chi connectivity index (χ0n) is 18.4. The molecule has 5 heteroatoms. The molecule has 1 unspecified atom stereocenters. The summed E-state index contributed by atoms with van der Waals surface area (Å²) < 4.78 is 12.5. The lowest BCUT2D eigenvalue weighted by atomic mass is 9.70. The second kappa shape index (κ2) is 8.29. The first-order valence-corrected chi connectivity index (χ1v) is 10.9. The van der Waals surface area contributed by atoms with Gasteiger partial charge in [-0.25, -0.2) is 0 Å². The summed E-state index contributed by atoms with van der Waals surface area (Å²) in [6.07, 6.45) is 4.39. The number of aliphatic hydroxyl groups is 2. The molecule has 3 rings (SSSR count). The number of phenols is 1. The summed E-state index contributed by atoms with van der Waals surface area (Å²) in [6, 6.07) is 3.84. The number of aromatic hydroxyl groups is 1. The van der Waals surface area contributed by atoms with Gasteiger partial charge in [-0.1, -0.05) is 19.8 Å². The van der Waals surface area contributed by atoms with E-state index in [1.807, 2.05) is 26.0 Å². The highest BCUT2D eigenvalue weighted by Gasteiger charge is 2.49. The maximum atomic E-state index is 11.1. The van der Waals surface area contributed by atoms with Gasteiger partial charge < -0.3 is 24.8 Å². The predicted octanol–water partition coefficient (Wildman–Crippen LogP) is 4.36. The topological polar surface area (TPSA) is 79.2 Å². The van der Waals surface area contributed by atoms with Gasteiger partial charge in [0.1, 0.15) is 23.2 Å². The molecule has 1 aliphatic carbocycles. The quantitative estimate of drug-likeness (QED) is 0.589. The lowest BCUT2D eigenvalue weighted by Gasteiger charge is -2.47. The lowest BCUT2D eigenvalue weighted by Crippen LogP contribution is -2.50. The summed E-state index contributed by atoms with van der Waals surface area (Å²) in [6.45, 7) is 9.64. The molecular weight excluding hydrogens is 368 g/mol. The molecule has 1 aromatic rings. The predicted molar refractivity (Wildman–Crippen MR) is 114 cm³/mol. The highest BCUT2D eigenvalue weighted by molar-refractivity contribution is 5.84. The Bertz CT molecular complexity index is 778. The van der Waals surface area contributed by atoms with Gasteiger partial charge in [0, 0.05) is 5.57 Å². The molecule has 29 heavy (non-hydrogen) atoms.